The summed E-state index contributed by atoms with van der Waals surface area (Å²) in [7, 11) is 0. The molecule has 1 atom stereocenters. The molecule has 0 spiro atoms. The summed E-state index contributed by atoms with van der Waals surface area (Å²) in [6.07, 6.45) is 3.02. The van der Waals surface area contributed by atoms with Crippen molar-refractivity contribution in [1.29, 1.82) is 0 Å². The van der Waals surface area contributed by atoms with Crippen LogP contribution in [0.1, 0.15) is 58.0 Å². The summed E-state index contributed by atoms with van der Waals surface area (Å²) in [5.74, 6) is -0.0627. The average Bonchev–Trinajstić information content (AvgIpc) is 3.51. The number of rotatable bonds is 7. The third kappa shape index (κ3) is 3.63. The van der Waals surface area contributed by atoms with Crippen LogP contribution >= 0.6 is 0 Å². The lowest BCUT2D eigenvalue weighted by Crippen LogP contribution is -2.33. The van der Waals surface area contributed by atoms with E-state index in [1.54, 1.807) is 24.3 Å². The molecule has 2 aliphatic rings. The maximum absolute atomic E-state index is 12.4. The molecule has 4 rings (SSSR count). The van der Waals surface area contributed by atoms with E-state index in [9.17, 15) is 14.4 Å². The van der Waals surface area contributed by atoms with E-state index in [1.807, 2.05) is 30.3 Å². The second-order valence-electron chi connectivity index (χ2n) is 7.20. The number of amides is 3. The van der Waals surface area contributed by atoms with Crippen molar-refractivity contribution in [3.05, 3.63) is 71.3 Å². The Kier molecular flexibility index (Phi) is 4.75. The van der Waals surface area contributed by atoms with E-state index < -0.39 is 0 Å². The molecule has 1 N–H and O–H groups in total. The number of hydrogen-bond acceptors (Lipinski definition) is 3. The van der Waals surface area contributed by atoms with Crippen molar-refractivity contribution in [1.82, 2.24) is 10.2 Å². The van der Waals surface area contributed by atoms with E-state index in [-0.39, 0.29) is 30.3 Å². The van der Waals surface area contributed by atoms with Gasteiger partial charge in [0, 0.05) is 13.0 Å². The number of hydrogen-bond donors (Lipinski definition) is 1. The molecule has 5 nitrogen and oxygen atoms in total. The lowest BCUT2D eigenvalue weighted by molar-refractivity contribution is -0.122. The summed E-state index contributed by atoms with van der Waals surface area (Å²) >= 11 is 0. The molecule has 0 saturated heterocycles. The minimum atomic E-state index is -0.267. The summed E-state index contributed by atoms with van der Waals surface area (Å²) in [6, 6.07) is 16.9. The van der Waals surface area contributed by atoms with Crippen molar-refractivity contribution < 1.29 is 14.4 Å². The van der Waals surface area contributed by atoms with Crippen LogP contribution in [0.25, 0.3) is 0 Å². The van der Waals surface area contributed by atoms with Crippen LogP contribution < -0.4 is 5.32 Å². The third-order valence-electron chi connectivity index (χ3n) is 5.23. The van der Waals surface area contributed by atoms with Gasteiger partial charge < -0.3 is 5.32 Å². The normalized spacial score (nSPS) is 17.0. The minimum absolute atomic E-state index is 0.0348. The number of carbonyl (C=O) groups excluding carboxylic acids is 3. The molecular formula is C22H22N2O3. The quantitative estimate of drug-likeness (QED) is 0.768. The van der Waals surface area contributed by atoms with E-state index in [4.69, 9.17) is 0 Å². The van der Waals surface area contributed by atoms with Crippen LogP contribution in [0, 0.1) is 5.92 Å². The van der Waals surface area contributed by atoms with Gasteiger partial charge in [0.2, 0.25) is 5.91 Å². The number of fused-ring (bicyclic) bond motifs is 1. The van der Waals surface area contributed by atoms with Crippen molar-refractivity contribution in [3.8, 4) is 0 Å². The van der Waals surface area contributed by atoms with Crippen molar-refractivity contribution in [2.75, 3.05) is 6.54 Å². The highest BCUT2D eigenvalue weighted by atomic mass is 16.2. The molecule has 1 fully saturated rings. The van der Waals surface area contributed by atoms with Crippen LogP contribution in [-0.2, 0) is 4.79 Å². The Hall–Kier alpha value is -2.95. The summed E-state index contributed by atoms with van der Waals surface area (Å²) < 4.78 is 0. The van der Waals surface area contributed by atoms with Gasteiger partial charge in [-0.3, -0.25) is 19.3 Å². The Morgan fingerprint density at radius 2 is 1.56 bits per heavy atom. The van der Waals surface area contributed by atoms with E-state index in [0.717, 1.165) is 18.4 Å². The molecule has 1 saturated carbocycles. The molecular weight excluding hydrogens is 340 g/mol. The second-order valence-corrected chi connectivity index (χ2v) is 7.20. The molecule has 1 unspecified atom stereocenters. The number of nitrogens with one attached hydrogen (secondary N) is 1. The average molecular weight is 362 g/mol. The van der Waals surface area contributed by atoms with E-state index in [0.29, 0.717) is 29.9 Å². The highest BCUT2D eigenvalue weighted by molar-refractivity contribution is 6.21. The number of benzene rings is 2. The highest BCUT2D eigenvalue weighted by Crippen LogP contribution is 2.41. The van der Waals surface area contributed by atoms with E-state index >= 15 is 0 Å². The Labute approximate surface area is 158 Å². The van der Waals surface area contributed by atoms with Crippen LogP contribution in [0.15, 0.2) is 54.6 Å². The van der Waals surface area contributed by atoms with Gasteiger partial charge >= 0.3 is 0 Å². The van der Waals surface area contributed by atoms with Gasteiger partial charge in [-0.25, -0.2) is 0 Å². The smallest absolute Gasteiger partial charge is 0.261 e. The van der Waals surface area contributed by atoms with Crippen molar-refractivity contribution in [3.63, 3.8) is 0 Å². The van der Waals surface area contributed by atoms with Crippen molar-refractivity contribution >= 4 is 17.7 Å². The highest BCUT2D eigenvalue weighted by Gasteiger charge is 2.35. The molecule has 5 heteroatoms. The topological polar surface area (TPSA) is 66.5 Å². The Morgan fingerprint density at radius 1 is 0.963 bits per heavy atom. The molecule has 0 aromatic heterocycles. The van der Waals surface area contributed by atoms with E-state index in [1.165, 1.54) is 4.90 Å². The van der Waals surface area contributed by atoms with Crippen LogP contribution in [0.5, 0.6) is 0 Å². The summed E-state index contributed by atoms with van der Waals surface area (Å²) in [6.45, 7) is 0.263. The fourth-order valence-electron chi connectivity index (χ4n) is 3.65. The summed E-state index contributed by atoms with van der Waals surface area (Å²) in [5.41, 5.74) is 2.03. The molecule has 1 aliphatic heterocycles. The van der Waals surface area contributed by atoms with Gasteiger partial charge in [-0.05, 0) is 42.9 Å². The minimum Gasteiger partial charge on any atom is -0.349 e. The standard InChI is InChI=1S/C22H22N2O3/c25-19(23-20(16-12-13-16)15-7-2-1-3-8-15)11-6-14-24-21(26)17-9-4-5-10-18(17)22(24)27/h1-5,7-10,16,20H,6,11-14H2,(H,23,25). The number of nitrogens with zero attached hydrogens (tertiary/aromatic N) is 1. The molecule has 3 amide bonds. The summed E-state index contributed by atoms with van der Waals surface area (Å²) in [5, 5.41) is 3.13. The monoisotopic (exact) mass is 362 g/mol. The van der Waals surface area contributed by atoms with Crippen molar-refractivity contribution in [2.24, 2.45) is 5.92 Å². The molecule has 138 valence electrons. The zero-order valence-corrected chi connectivity index (χ0v) is 15.1. The van der Waals surface area contributed by atoms with Crippen LogP contribution in [-0.4, -0.2) is 29.2 Å². The molecule has 2 aromatic carbocycles. The first-order valence-electron chi connectivity index (χ1n) is 9.44. The van der Waals surface area contributed by atoms with Crippen LogP contribution in [0.4, 0.5) is 0 Å². The Bertz CT molecular complexity index is 839. The Morgan fingerprint density at radius 3 is 2.15 bits per heavy atom. The SMILES string of the molecule is O=C(CCCN1C(=O)c2ccccc2C1=O)NC(c1ccccc1)C1CC1. The third-order valence-corrected chi connectivity index (χ3v) is 5.23. The molecule has 1 aliphatic carbocycles. The van der Waals surface area contributed by atoms with Crippen LogP contribution in [0.3, 0.4) is 0 Å². The van der Waals surface area contributed by atoms with Crippen molar-refractivity contribution in [2.45, 2.75) is 31.7 Å². The number of carbonyl (C=O) groups is 3. The first-order valence-corrected chi connectivity index (χ1v) is 9.44. The van der Waals surface area contributed by atoms with Gasteiger partial charge in [-0.1, -0.05) is 42.5 Å². The maximum atomic E-state index is 12.4. The number of imide groups is 1. The van der Waals surface area contributed by atoms with Gasteiger partial charge in [0.25, 0.3) is 11.8 Å². The lowest BCUT2D eigenvalue weighted by Gasteiger charge is -2.19. The zero-order valence-electron chi connectivity index (χ0n) is 15.1. The first-order chi connectivity index (χ1) is 13.1. The van der Waals surface area contributed by atoms with Gasteiger partial charge in [-0.15, -0.1) is 0 Å². The maximum Gasteiger partial charge on any atom is 0.261 e. The molecule has 27 heavy (non-hydrogen) atoms. The molecule has 1 heterocycles. The van der Waals surface area contributed by atoms with E-state index in [2.05, 4.69) is 5.32 Å². The fraction of sp³-hybridized carbons (Fsp3) is 0.318. The second kappa shape index (κ2) is 7.35. The molecule has 0 radical (unpaired) electrons. The predicted molar refractivity (Wildman–Crippen MR) is 101 cm³/mol. The molecule has 2 aromatic rings. The van der Waals surface area contributed by atoms with Gasteiger partial charge in [0.05, 0.1) is 17.2 Å². The fourth-order valence-corrected chi connectivity index (χ4v) is 3.65. The van der Waals surface area contributed by atoms with Gasteiger partial charge in [-0.2, -0.15) is 0 Å². The molecule has 0 bridgehead atoms. The van der Waals surface area contributed by atoms with Gasteiger partial charge in [0.15, 0.2) is 0 Å². The Balaban J connectivity index is 1.31. The van der Waals surface area contributed by atoms with Crippen LogP contribution in [0.2, 0.25) is 0 Å². The predicted octanol–water partition coefficient (Wildman–Crippen LogP) is 3.33. The summed E-state index contributed by atoms with van der Waals surface area (Å²) in [4.78, 5) is 38.4. The lowest BCUT2D eigenvalue weighted by atomic mass is 10.0. The van der Waals surface area contributed by atoms with Gasteiger partial charge in [0.1, 0.15) is 0 Å². The first kappa shape index (κ1) is 17.5. The largest absolute Gasteiger partial charge is 0.349 e. The zero-order chi connectivity index (χ0) is 18.8.